The van der Waals surface area contributed by atoms with Crippen LogP contribution in [0.4, 0.5) is 0 Å². The molecule has 4 rings (SSSR count). The summed E-state index contributed by atoms with van der Waals surface area (Å²) in [7, 11) is -3.62. The normalized spacial score (nSPS) is 18.9. The van der Waals surface area contributed by atoms with Gasteiger partial charge in [-0.3, -0.25) is 0 Å². The number of nitrogens with zero attached hydrogens (tertiary/aromatic N) is 2. The van der Waals surface area contributed by atoms with Crippen LogP contribution in [0, 0.1) is 6.92 Å². The van der Waals surface area contributed by atoms with Crippen LogP contribution in [0.25, 0.3) is 11.0 Å². The molecule has 3 aromatic rings. The van der Waals surface area contributed by atoms with Crippen LogP contribution < -0.4 is 0 Å². The highest BCUT2D eigenvalue weighted by Crippen LogP contribution is 2.36. The Bertz CT molecular complexity index is 1010. The van der Waals surface area contributed by atoms with Crippen molar-refractivity contribution in [1.82, 2.24) is 14.3 Å². The van der Waals surface area contributed by atoms with Crippen molar-refractivity contribution in [3.05, 3.63) is 58.9 Å². The van der Waals surface area contributed by atoms with E-state index in [4.69, 9.17) is 11.6 Å². The summed E-state index contributed by atoms with van der Waals surface area (Å²) in [5.74, 6) is 0.695. The van der Waals surface area contributed by atoms with E-state index in [2.05, 4.69) is 9.97 Å². The number of sulfonamides is 1. The number of aromatic nitrogens is 2. The summed E-state index contributed by atoms with van der Waals surface area (Å²) >= 11 is 6.13. The van der Waals surface area contributed by atoms with E-state index >= 15 is 0 Å². The van der Waals surface area contributed by atoms with Gasteiger partial charge in [-0.05, 0) is 49.6 Å². The third-order valence-corrected chi connectivity index (χ3v) is 6.99. The number of H-pyrrole nitrogens is 1. The van der Waals surface area contributed by atoms with Gasteiger partial charge in [-0.2, -0.15) is 4.31 Å². The lowest BCUT2D eigenvalue weighted by molar-refractivity contribution is 0.385. The lowest BCUT2D eigenvalue weighted by atomic mass is 10.2. The summed E-state index contributed by atoms with van der Waals surface area (Å²) in [6.07, 6.45) is 1.55. The zero-order valence-electron chi connectivity index (χ0n) is 13.7. The Morgan fingerprint density at radius 1 is 1.24 bits per heavy atom. The Kier molecular flexibility index (Phi) is 4.06. The summed E-state index contributed by atoms with van der Waals surface area (Å²) in [6.45, 7) is 2.33. The SMILES string of the molecule is Cc1ccc(S(=O)(=O)N2CCCC2c2nc3ccccc3[nH]2)cc1Cl. The van der Waals surface area contributed by atoms with Gasteiger partial charge in [0.2, 0.25) is 10.0 Å². The molecule has 1 saturated heterocycles. The number of fused-ring (bicyclic) bond motifs is 1. The van der Waals surface area contributed by atoms with E-state index in [1.54, 1.807) is 12.1 Å². The van der Waals surface area contributed by atoms with Crippen LogP contribution >= 0.6 is 11.6 Å². The minimum Gasteiger partial charge on any atom is -0.341 e. The summed E-state index contributed by atoms with van der Waals surface area (Å²) in [5, 5.41) is 0.459. The van der Waals surface area contributed by atoms with E-state index in [-0.39, 0.29) is 10.9 Å². The molecule has 130 valence electrons. The number of rotatable bonds is 3. The van der Waals surface area contributed by atoms with Crippen LogP contribution in [-0.4, -0.2) is 29.2 Å². The highest BCUT2D eigenvalue weighted by Gasteiger charge is 2.38. The summed E-state index contributed by atoms with van der Waals surface area (Å²) in [6, 6.07) is 12.3. The molecule has 0 saturated carbocycles. The summed E-state index contributed by atoms with van der Waals surface area (Å²) in [4.78, 5) is 8.09. The first-order valence-electron chi connectivity index (χ1n) is 8.19. The number of halogens is 1. The molecule has 25 heavy (non-hydrogen) atoms. The average molecular weight is 376 g/mol. The Hall–Kier alpha value is -1.89. The Morgan fingerprint density at radius 2 is 2.04 bits per heavy atom. The summed E-state index contributed by atoms with van der Waals surface area (Å²) in [5.41, 5.74) is 2.62. The number of benzene rings is 2. The maximum Gasteiger partial charge on any atom is 0.243 e. The second-order valence-electron chi connectivity index (χ2n) is 6.32. The molecule has 1 aliphatic heterocycles. The fourth-order valence-corrected chi connectivity index (χ4v) is 5.23. The van der Waals surface area contributed by atoms with Gasteiger partial charge in [-0.25, -0.2) is 13.4 Å². The Balaban J connectivity index is 1.74. The fourth-order valence-electron chi connectivity index (χ4n) is 3.30. The highest BCUT2D eigenvalue weighted by atomic mass is 35.5. The van der Waals surface area contributed by atoms with E-state index in [1.165, 1.54) is 10.4 Å². The molecule has 2 aromatic carbocycles. The van der Waals surface area contributed by atoms with Crippen LogP contribution in [0.1, 0.15) is 30.3 Å². The third-order valence-electron chi connectivity index (χ3n) is 4.68. The number of aryl methyl sites for hydroxylation is 1. The van der Waals surface area contributed by atoms with Crippen molar-refractivity contribution >= 4 is 32.7 Å². The average Bonchev–Trinajstić information content (AvgIpc) is 3.23. The molecule has 5 nitrogen and oxygen atoms in total. The Labute approximate surface area is 151 Å². The smallest absolute Gasteiger partial charge is 0.243 e. The van der Waals surface area contributed by atoms with E-state index in [1.807, 2.05) is 31.2 Å². The quantitative estimate of drug-likeness (QED) is 0.750. The third kappa shape index (κ3) is 2.84. The fraction of sp³-hybridized carbons (Fsp3) is 0.278. The molecule has 0 amide bonds. The van der Waals surface area contributed by atoms with Crippen LogP contribution in [0.15, 0.2) is 47.4 Å². The molecule has 1 atom stereocenters. The van der Waals surface area contributed by atoms with Gasteiger partial charge in [0.05, 0.1) is 22.0 Å². The van der Waals surface area contributed by atoms with Gasteiger partial charge in [0.1, 0.15) is 5.82 Å². The maximum absolute atomic E-state index is 13.1. The number of hydrogen-bond donors (Lipinski definition) is 1. The zero-order chi connectivity index (χ0) is 17.6. The molecule has 1 aliphatic rings. The largest absolute Gasteiger partial charge is 0.341 e. The van der Waals surface area contributed by atoms with E-state index in [9.17, 15) is 8.42 Å². The number of aromatic amines is 1. The summed E-state index contributed by atoms with van der Waals surface area (Å²) < 4.78 is 27.8. The zero-order valence-corrected chi connectivity index (χ0v) is 15.3. The number of imidazole rings is 1. The topological polar surface area (TPSA) is 66.1 Å². The van der Waals surface area contributed by atoms with E-state index in [0.717, 1.165) is 29.4 Å². The Morgan fingerprint density at radius 3 is 2.80 bits per heavy atom. The van der Waals surface area contributed by atoms with Crippen molar-refractivity contribution in [3.63, 3.8) is 0 Å². The lowest BCUT2D eigenvalue weighted by Crippen LogP contribution is -2.31. The predicted octanol–water partition coefficient (Wildman–Crippen LogP) is 4.05. The van der Waals surface area contributed by atoms with Crippen LogP contribution in [0.2, 0.25) is 5.02 Å². The van der Waals surface area contributed by atoms with Gasteiger partial charge in [-0.15, -0.1) is 0 Å². The van der Waals surface area contributed by atoms with Crippen LogP contribution in [0.5, 0.6) is 0 Å². The van der Waals surface area contributed by atoms with Crippen molar-refractivity contribution in [3.8, 4) is 0 Å². The highest BCUT2D eigenvalue weighted by molar-refractivity contribution is 7.89. The van der Waals surface area contributed by atoms with Gasteiger partial charge in [0.15, 0.2) is 0 Å². The molecule has 0 spiro atoms. The van der Waals surface area contributed by atoms with Crippen LogP contribution in [0.3, 0.4) is 0 Å². The van der Waals surface area contributed by atoms with Crippen LogP contribution in [-0.2, 0) is 10.0 Å². The molecular formula is C18H18ClN3O2S. The van der Waals surface area contributed by atoms with Crippen molar-refractivity contribution in [2.45, 2.75) is 30.7 Å². The minimum atomic E-state index is -3.62. The van der Waals surface area contributed by atoms with Crippen molar-refractivity contribution < 1.29 is 8.42 Å². The predicted molar refractivity (Wildman–Crippen MR) is 98.1 cm³/mol. The molecular weight excluding hydrogens is 358 g/mol. The molecule has 1 unspecified atom stereocenters. The number of nitrogens with one attached hydrogen (secondary N) is 1. The molecule has 0 aliphatic carbocycles. The molecule has 1 N–H and O–H groups in total. The standard InChI is InChI=1S/C18H18ClN3O2S/c1-12-8-9-13(11-14(12)19)25(23,24)22-10-4-7-17(22)18-20-15-5-2-3-6-16(15)21-18/h2-3,5-6,8-9,11,17H,4,7,10H2,1H3,(H,20,21). The monoisotopic (exact) mass is 375 g/mol. The van der Waals surface area contributed by atoms with E-state index < -0.39 is 10.0 Å². The van der Waals surface area contributed by atoms with Gasteiger partial charge in [-0.1, -0.05) is 29.8 Å². The molecule has 2 heterocycles. The first-order chi connectivity index (χ1) is 12.0. The molecule has 7 heteroatoms. The first-order valence-corrected chi connectivity index (χ1v) is 10.0. The molecule has 0 bridgehead atoms. The number of hydrogen-bond acceptors (Lipinski definition) is 3. The second-order valence-corrected chi connectivity index (χ2v) is 8.62. The molecule has 1 aromatic heterocycles. The van der Waals surface area contributed by atoms with E-state index in [0.29, 0.717) is 17.4 Å². The first kappa shape index (κ1) is 16.6. The van der Waals surface area contributed by atoms with Gasteiger partial charge in [0.25, 0.3) is 0 Å². The van der Waals surface area contributed by atoms with Gasteiger partial charge >= 0.3 is 0 Å². The molecule has 0 radical (unpaired) electrons. The second kappa shape index (κ2) is 6.12. The minimum absolute atomic E-state index is 0.228. The molecule has 1 fully saturated rings. The maximum atomic E-state index is 13.1. The van der Waals surface area contributed by atoms with Gasteiger partial charge < -0.3 is 4.98 Å². The van der Waals surface area contributed by atoms with Crippen molar-refractivity contribution in [2.24, 2.45) is 0 Å². The van der Waals surface area contributed by atoms with Crippen molar-refractivity contribution in [1.29, 1.82) is 0 Å². The lowest BCUT2D eigenvalue weighted by Gasteiger charge is -2.22. The van der Waals surface area contributed by atoms with Gasteiger partial charge in [0, 0.05) is 11.6 Å². The van der Waals surface area contributed by atoms with Crippen molar-refractivity contribution in [2.75, 3.05) is 6.54 Å². The number of para-hydroxylation sites is 2.